The fraction of sp³-hybridized carbons (Fsp3) is 0.318. The standard InChI is InChI=1S/C22H26N4O3/c1-26(2)19(17-10-7-11-18(14-17)28-3)15-23-20(27)12-13-21-24-25-22(29-21)16-8-5-4-6-9-16/h4-11,14,19H,12-13,15H2,1-3H3,(H,23,27). The Kier molecular flexibility index (Phi) is 6.97. The normalized spacial score (nSPS) is 12.0. The summed E-state index contributed by atoms with van der Waals surface area (Å²) in [6.45, 7) is 0.498. The maximum atomic E-state index is 12.3. The Balaban J connectivity index is 1.53. The van der Waals surface area contributed by atoms with Crippen LogP contribution in [0, 0.1) is 0 Å². The SMILES string of the molecule is COc1cccc(C(CNC(=O)CCc2nnc(-c3ccccc3)o2)N(C)C)c1. The number of ether oxygens (including phenoxy) is 1. The molecule has 1 N–H and O–H groups in total. The molecule has 3 aromatic rings. The van der Waals surface area contributed by atoms with Gasteiger partial charge in [-0.3, -0.25) is 4.79 Å². The number of methoxy groups -OCH3 is 1. The van der Waals surface area contributed by atoms with Crippen LogP contribution in [0.2, 0.25) is 0 Å². The molecule has 29 heavy (non-hydrogen) atoms. The number of benzene rings is 2. The second-order valence-corrected chi connectivity index (χ2v) is 6.93. The van der Waals surface area contributed by atoms with E-state index in [-0.39, 0.29) is 18.4 Å². The minimum Gasteiger partial charge on any atom is -0.497 e. The van der Waals surface area contributed by atoms with Crippen LogP contribution in [0.5, 0.6) is 5.75 Å². The number of nitrogens with zero attached hydrogens (tertiary/aromatic N) is 3. The number of hydrogen-bond donors (Lipinski definition) is 1. The van der Waals surface area contributed by atoms with Crippen molar-refractivity contribution < 1.29 is 13.9 Å². The van der Waals surface area contributed by atoms with Gasteiger partial charge in [0.1, 0.15) is 5.75 Å². The molecule has 152 valence electrons. The van der Waals surface area contributed by atoms with Gasteiger partial charge in [0.2, 0.25) is 17.7 Å². The molecule has 2 aromatic carbocycles. The van der Waals surface area contributed by atoms with E-state index in [1.807, 2.05) is 68.7 Å². The third kappa shape index (κ3) is 5.65. The summed E-state index contributed by atoms with van der Waals surface area (Å²) in [6.07, 6.45) is 0.687. The molecular formula is C22H26N4O3. The zero-order chi connectivity index (χ0) is 20.6. The highest BCUT2D eigenvalue weighted by Gasteiger charge is 2.17. The lowest BCUT2D eigenvalue weighted by Gasteiger charge is -2.25. The van der Waals surface area contributed by atoms with Crippen LogP contribution >= 0.6 is 0 Å². The molecule has 7 nitrogen and oxygen atoms in total. The van der Waals surface area contributed by atoms with Crippen LogP contribution in [0.1, 0.15) is 23.9 Å². The van der Waals surface area contributed by atoms with Crippen molar-refractivity contribution in [1.29, 1.82) is 0 Å². The van der Waals surface area contributed by atoms with E-state index >= 15 is 0 Å². The molecule has 1 aromatic heterocycles. The van der Waals surface area contributed by atoms with Crippen molar-refractivity contribution >= 4 is 5.91 Å². The smallest absolute Gasteiger partial charge is 0.247 e. The Bertz CT molecular complexity index is 925. The molecule has 3 rings (SSSR count). The van der Waals surface area contributed by atoms with Gasteiger partial charge in [-0.05, 0) is 43.9 Å². The van der Waals surface area contributed by atoms with Crippen molar-refractivity contribution in [3.8, 4) is 17.2 Å². The zero-order valence-corrected chi connectivity index (χ0v) is 17.0. The topological polar surface area (TPSA) is 80.5 Å². The zero-order valence-electron chi connectivity index (χ0n) is 17.0. The van der Waals surface area contributed by atoms with Crippen molar-refractivity contribution in [2.75, 3.05) is 27.7 Å². The highest BCUT2D eigenvalue weighted by Crippen LogP contribution is 2.22. The molecule has 1 amide bonds. The first-order valence-electron chi connectivity index (χ1n) is 9.51. The monoisotopic (exact) mass is 394 g/mol. The van der Waals surface area contributed by atoms with Gasteiger partial charge in [-0.2, -0.15) is 0 Å². The second kappa shape index (κ2) is 9.84. The Hall–Kier alpha value is -3.19. The van der Waals surface area contributed by atoms with Crippen LogP contribution in [0.4, 0.5) is 0 Å². The van der Waals surface area contributed by atoms with E-state index in [0.717, 1.165) is 16.9 Å². The highest BCUT2D eigenvalue weighted by atomic mass is 16.5. The predicted octanol–water partition coefficient (Wildman–Crippen LogP) is 3.10. The summed E-state index contributed by atoms with van der Waals surface area (Å²) in [5.41, 5.74) is 1.95. The number of hydrogen-bond acceptors (Lipinski definition) is 6. The molecule has 1 unspecified atom stereocenters. The Morgan fingerprint density at radius 3 is 2.66 bits per heavy atom. The van der Waals surface area contributed by atoms with E-state index in [2.05, 4.69) is 20.4 Å². The Labute approximate surface area is 170 Å². The number of carbonyl (C=O) groups is 1. The number of likely N-dealkylation sites (N-methyl/N-ethyl adjacent to an activating group) is 1. The third-order valence-electron chi connectivity index (χ3n) is 4.65. The molecule has 1 heterocycles. The van der Waals surface area contributed by atoms with Gasteiger partial charge >= 0.3 is 0 Å². The van der Waals surface area contributed by atoms with Gasteiger partial charge in [0.25, 0.3) is 0 Å². The number of aromatic nitrogens is 2. The van der Waals surface area contributed by atoms with Crippen molar-refractivity contribution in [2.24, 2.45) is 0 Å². The van der Waals surface area contributed by atoms with Crippen molar-refractivity contribution in [3.63, 3.8) is 0 Å². The maximum absolute atomic E-state index is 12.3. The molecule has 0 aliphatic heterocycles. The summed E-state index contributed by atoms with van der Waals surface area (Å²) < 4.78 is 11.0. The van der Waals surface area contributed by atoms with Crippen LogP contribution in [0.15, 0.2) is 59.0 Å². The minimum atomic E-state index is -0.0563. The maximum Gasteiger partial charge on any atom is 0.247 e. The molecule has 0 fully saturated rings. The van der Waals surface area contributed by atoms with Crippen molar-refractivity contribution in [2.45, 2.75) is 18.9 Å². The predicted molar refractivity (Wildman–Crippen MR) is 110 cm³/mol. The molecule has 0 aliphatic rings. The van der Waals surface area contributed by atoms with E-state index in [9.17, 15) is 4.79 Å². The van der Waals surface area contributed by atoms with Crippen LogP contribution in [0.3, 0.4) is 0 Å². The molecule has 0 aliphatic carbocycles. The first-order chi connectivity index (χ1) is 14.1. The van der Waals surface area contributed by atoms with Crippen LogP contribution in [-0.2, 0) is 11.2 Å². The van der Waals surface area contributed by atoms with Gasteiger partial charge in [-0.1, -0.05) is 30.3 Å². The molecule has 1 atom stereocenters. The number of carbonyl (C=O) groups excluding carboxylic acids is 1. The average molecular weight is 394 g/mol. The molecule has 0 bridgehead atoms. The second-order valence-electron chi connectivity index (χ2n) is 6.93. The van der Waals surface area contributed by atoms with E-state index in [4.69, 9.17) is 9.15 Å². The summed E-state index contributed by atoms with van der Waals surface area (Å²) >= 11 is 0. The summed E-state index contributed by atoms with van der Waals surface area (Å²) in [5.74, 6) is 1.66. The van der Waals surface area contributed by atoms with Crippen molar-refractivity contribution in [1.82, 2.24) is 20.4 Å². The van der Waals surface area contributed by atoms with Gasteiger partial charge in [-0.15, -0.1) is 10.2 Å². The van der Waals surface area contributed by atoms with Gasteiger partial charge in [-0.25, -0.2) is 0 Å². The molecular weight excluding hydrogens is 368 g/mol. The van der Waals surface area contributed by atoms with E-state index in [0.29, 0.717) is 24.7 Å². The fourth-order valence-electron chi connectivity index (χ4n) is 3.02. The lowest BCUT2D eigenvalue weighted by molar-refractivity contribution is -0.121. The van der Waals surface area contributed by atoms with Crippen molar-refractivity contribution in [3.05, 3.63) is 66.1 Å². The highest BCUT2D eigenvalue weighted by molar-refractivity contribution is 5.76. The lowest BCUT2D eigenvalue weighted by Crippen LogP contribution is -2.34. The van der Waals surface area contributed by atoms with Gasteiger partial charge in [0, 0.05) is 24.9 Å². The van der Waals surface area contributed by atoms with Crippen LogP contribution in [-0.4, -0.2) is 48.8 Å². The Morgan fingerprint density at radius 1 is 1.14 bits per heavy atom. The molecule has 7 heteroatoms. The summed E-state index contributed by atoms with van der Waals surface area (Å²) in [4.78, 5) is 14.4. The van der Waals surface area contributed by atoms with E-state index in [1.165, 1.54) is 0 Å². The van der Waals surface area contributed by atoms with Crippen LogP contribution in [0.25, 0.3) is 11.5 Å². The summed E-state index contributed by atoms with van der Waals surface area (Å²) in [5, 5.41) is 11.1. The molecule has 0 spiro atoms. The molecule has 0 saturated carbocycles. The first-order valence-corrected chi connectivity index (χ1v) is 9.51. The number of aryl methyl sites for hydroxylation is 1. The first kappa shape index (κ1) is 20.5. The van der Waals surface area contributed by atoms with Gasteiger partial charge in [0.05, 0.1) is 13.2 Å². The molecule has 0 radical (unpaired) electrons. The third-order valence-corrected chi connectivity index (χ3v) is 4.65. The van der Waals surface area contributed by atoms with E-state index < -0.39 is 0 Å². The number of amides is 1. The minimum absolute atomic E-state index is 0.0436. The quantitative estimate of drug-likeness (QED) is 0.601. The average Bonchev–Trinajstić information content (AvgIpc) is 3.22. The van der Waals surface area contributed by atoms with Gasteiger partial charge in [0.15, 0.2) is 0 Å². The molecule has 0 saturated heterocycles. The number of rotatable bonds is 9. The lowest BCUT2D eigenvalue weighted by atomic mass is 10.1. The van der Waals surface area contributed by atoms with E-state index in [1.54, 1.807) is 7.11 Å². The van der Waals surface area contributed by atoms with Gasteiger partial charge < -0.3 is 19.4 Å². The largest absolute Gasteiger partial charge is 0.497 e. The fourth-order valence-corrected chi connectivity index (χ4v) is 3.02. The summed E-state index contributed by atoms with van der Waals surface area (Å²) in [6, 6.07) is 17.5. The summed E-state index contributed by atoms with van der Waals surface area (Å²) in [7, 11) is 5.62. The van der Waals surface area contributed by atoms with Crippen LogP contribution < -0.4 is 10.1 Å². The number of nitrogens with one attached hydrogen (secondary N) is 1. The Morgan fingerprint density at radius 2 is 1.93 bits per heavy atom.